The van der Waals surface area contributed by atoms with Gasteiger partial charge in [-0.15, -0.1) is 0 Å². The van der Waals surface area contributed by atoms with Crippen LogP contribution in [-0.2, 0) is 0 Å². The number of pyridine rings is 1. The van der Waals surface area contributed by atoms with Crippen LogP contribution >= 0.6 is 0 Å². The third-order valence-corrected chi connectivity index (χ3v) is 4.12. The number of ether oxygens (including phenoxy) is 1. The average molecular weight is 247 g/mol. The number of nitrogens with one attached hydrogen (secondary N) is 1. The highest BCUT2D eigenvalue weighted by atomic mass is 16.5. The molecule has 1 aromatic rings. The number of anilines is 1. The number of rotatable bonds is 3. The number of hydrogen-bond donors (Lipinski definition) is 1. The van der Waals surface area contributed by atoms with Crippen LogP contribution in [0.15, 0.2) is 18.3 Å². The lowest BCUT2D eigenvalue weighted by atomic mass is 10.0. The molecular weight excluding hydrogens is 226 g/mol. The molecule has 0 saturated carbocycles. The summed E-state index contributed by atoms with van der Waals surface area (Å²) in [5, 5.41) is 3.64. The highest BCUT2D eigenvalue weighted by Crippen LogP contribution is 2.31. The van der Waals surface area contributed by atoms with Gasteiger partial charge < -0.3 is 15.0 Å². The molecular formula is C14H21N3O. The summed E-state index contributed by atoms with van der Waals surface area (Å²) in [5.41, 5.74) is 1.25. The van der Waals surface area contributed by atoms with E-state index < -0.39 is 0 Å². The zero-order valence-electron chi connectivity index (χ0n) is 10.9. The lowest BCUT2D eigenvalue weighted by Gasteiger charge is -2.31. The minimum absolute atomic E-state index is 0.639. The fourth-order valence-corrected chi connectivity index (χ4v) is 3.26. The summed E-state index contributed by atoms with van der Waals surface area (Å²) in [6, 6.07) is 5.44. The Morgan fingerprint density at radius 1 is 1.39 bits per heavy atom. The third kappa shape index (κ3) is 2.17. The van der Waals surface area contributed by atoms with Crippen molar-refractivity contribution in [3.8, 4) is 5.88 Å². The normalized spacial score (nSPS) is 27.7. The Morgan fingerprint density at radius 3 is 3.11 bits per heavy atom. The van der Waals surface area contributed by atoms with E-state index in [2.05, 4.69) is 21.3 Å². The molecule has 0 radical (unpaired) electrons. The van der Waals surface area contributed by atoms with Gasteiger partial charge in [0.2, 0.25) is 5.88 Å². The van der Waals surface area contributed by atoms with Gasteiger partial charge in [0.15, 0.2) is 0 Å². The predicted octanol–water partition coefficient (Wildman–Crippen LogP) is 1.81. The summed E-state index contributed by atoms with van der Waals surface area (Å²) in [7, 11) is 1.67. The van der Waals surface area contributed by atoms with Crippen LogP contribution in [0.3, 0.4) is 0 Å². The van der Waals surface area contributed by atoms with E-state index in [1.165, 1.54) is 37.9 Å². The maximum Gasteiger partial charge on any atom is 0.214 e. The minimum Gasteiger partial charge on any atom is -0.481 e. The molecule has 3 heterocycles. The van der Waals surface area contributed by atoms with E-state index in [0.29, 0.717) is 18.0 Å². The fourth-order valence-electron chi connectivity index (χ4n) is 3.26. The van der Waals surface area contributed by atoms with Crippen molar-refractivity contribution in [2.24, 2.45) is 0 Å². The van der Waals surface area contributed by atoms with Crippen LogP contribution in [0, 0.1) is 0 Å². The molecule has 0 amide bonds. The molecule has 0 aromatic carbocycles. The van der Waals surface area contributed by atoms with Crippen molar-refractivity contribution in [3.63, 3.8) is 0 Å². The smallest absolute Gasteiger partial charge is 0.214 e. The van der Waals surface area contributed by atoms with Gasteiger partial charge in [-0.1, -0.05) is 0 Å². The summed E-state index contributed by atoms with van der Waals surface area (Å²) in [5.74, 6) is 0.706. The quantitative estimate of drug-likeness (QED) is 0.884. The van der Waals surface area contributed by atoms with Crippen molar-refractivity contribution in [2.75, 3.05) is 25.1 Å². The third-order valence-electron chi connectivity index (χ3n) is 4.12. The highest BCUT2D eigenvalue weighted by Gasteiger charge is 2.33. The fraction of sp³-hybridized carbons (Fsp3) is 0.643. The molecule has 18 heavy (non-hydrogen) atoms. The first kappa shape index (κ1) is 11.8. The lowest BCUT2D eigenvalue weighted by molar-refractivity contribution is 0.397. The largest absolute Gasteiger partial charge is 0.481 e. The van der Waals surface area contributed by atoms with Gasteiger partial charge in [-0.2, -0.15) is 0 Å². The van der Waals surface area contributed by atoms with E-state index in [-0.39, 0.29) is 0 Å². The molecule has 2 aliphatic rings. The van der Waals surface area contributed by atoms with Crippen molar-refractivity contribution in [2.45, 2.75) is 37.8 Å². The topological polar surface area (TPSA) is 37.4 Å². The molecule has 0 bridgehead atoms. The van der Waals surface area contributed by atoms with E-state index in [0.717, 1.165) is 6.54 Å². The Labute approximate surface area is 108 Å². The molecule has 4 nitrogen and oxygen atoms in total. The summed E-state index contributed by atoms with van der Waals surface area (Å²) < 4.78 is 5.22. The van der Waals surface area contributed by atoms with Crippen LogP contribution < -0.4 is 15.0 Å². The van der Waals surface area contributed by atoms with Crippen molar-refractivity contribution in [1.82, 2.24) is 10.3 Å². The van der Waals surface area contributed by atoms with Gasteiger partial charge in [-0.25, -0.2) is 4.98 Å². The molecule has 98 valence electrons. The molecule has 2 fully saturated rings. The SMILES string of the molecule is COc1cc(N2CCCC2C2CCCN2)ccn1. The molecule has 4 heteroatoms. The number of aromatic nitrogens is 1. The van der Waals surface area contributed by atoms with Crippen LogP contribution in [-0.4, -0.2) is 37.3 Å². The summed E-state index contributed by atoms with van der Waals surface area (Å²) in [4.78, 5) is 6.71. The van der Waals surface area contributed by atoms with Crippen LogP contribution in [0.1, 0.15) is 25.7 Å². The van der Waals surface area contributed by atoms with Gasteiger partial charge in [-0.3, -0.25) is 0 Å². The summed E-state index contributed by atoms with van der Waals surface area (Å²) in [6.45, 7) is 2.32. The van der Waals surface area contributed by atoms with E-state index >= 15 is 0 Å². The van der Waals surface area contributed by atoms with E-state index in [1.54, 1.807) is 7.11 Å². The summed E-state index contributed by atoms with van der Waals surface area (Å²) >= 11 is 0. The van der Waals surface area contributed by atoms with Gasteiger partial charge in [0.1, 0.15) is 0 Å². The molecule has 0 spiro atoms. The van der Waals surface area contributed by atoms with Gasteiger partial charge in [0.05, 0.1) is 7.11 Å². The second-order valence-electron chi connectivity index (χ2n) is 5.16. The molecule has 1 aromatic heterocycles. The molecule has 2 aliphatic heterocycles. The van der Waals surface area contributed by atoms with Crippen molar-refractivity contribution in [3.05, 3.63) is 18.3 Å². The second kappa shape index (κ2) is 5.14. The predicted molar refractivity (Wildman–Crippen MR) is 72.2 cm³/mol. The number of nitrogens with zero attached hydrogens (tertiary/aromatic N) is 2. The molecule has 2 atom stereocenters. The Kier molecular flexibility index (Phi) is 3.37. The van der Waals surface area contributed by atoms with Gasteiger partial charge >= 0.3 is 0 Å². The first-order chi connectivity index (χ1) is 8.88. The zero-order chi connectivity index (χ0) is 12.4. The van der Waals surface area contributed by atoms with E-state index in [9.17, 15) is 0 Å². The first-order valence-electron chi connectivity index (χ1n) is 6.88. The van der Waals surface area contributed by atoms with E-state index in [1.807, 2.05) is 12.3 Å². The average Bonchev–Trinajstić information content (AvgIpc) is 3.09. The maximum atomic E-state index is 5.22. The Bertz CT molecular complexity index is 404. The number of methoxy groups -OCH3 is 1. The van der Waals surface area contributed by atoms with Crippen molar-refractivity contribution < 1.29 is 4.74 Å². The molecule has 3 rings (SSSR count). The number of hydrogen-bond acceptors (Lipinski definition) is 4. The maximum absolute atomic E-state index is 5.22. The minimum atomic E-state index is 0.639. The molecule has 0 aliphatic carbocycles. The lowest BCUT2D eigenvalue weighted by Crippen LogP contribution is -2.44. The van der Waals surface area contributed by atoms with Gasteiger partial charge in [0, 0.05) is 36.6 Å². The van der Waals surface area contributed by atoms with E-state index in [4.69, 9.17) is 4.74 Å². The Morgan fingerprint density at radius 2 is 2.33 bits per heavy atom. The van der Waals surface area contributed by atoms with Gasteiger partial charge in [0.25, 0.3) is 0 Å². The second-order valence-corrected chi connectivity index (χ2v) is 5.16. The van der Waals surface area contributed by atoms with Crippen molar-refractivity contribution >= 4 is 5.69 Å². The highest BCUT2D eigenvalue weighted by molar-refractivity contribution is 5.50. The standard InChI is InChI=1S/C14H21N3O/c1-18-14-10-11(6-8-16-14)17-9-3-5-13(17)12-4-2-7-15-12/h6,8,10,12-13,15H,2-5,7,9H2,1H3. The molecule has 1 N–H and O–H groups in total. The first-order valence-corrected chi connectivity index (χ1v) is 6.88. The zero-order valence-corrected chi connectivity index (χ0v) is 10.9. The summed E-state index contributed by atoms with van der Waals surface area (Å²) in [6.07, 6.45) is 7.04. The Hall–Kier alpha value is -1.29. The van der Waals surface area contributed by atoms with Crippen LogP contribution in [0.2, 0.25) is 0 Å². The Balaban J connectivity index is 1.80. The van der Waals surface area contributed by atoms with Gasteiger partial charge in [-0.05, 0) is 38.3 Å². The van der Waals surface area contributed by atoms with Crippen molar-refractivity contribution in [1.29, 1.82) is 0 Å². The van der Waals surface area contributed by atoms with Crippen LogP contribution in [0.25, 0.3) is 0 Å². The molecule has 2 unspecified atom stereocenters. The van der Waals surface area contributed by atoms with Crippen LogP contribution in [0.5, 0.6) is 5.88 Å². The monoisotopic (exact) mass is 247 g/mol. The molecule has 2 saturated heterocycles. The van der Waals surface area contributed by atoms with Crippen LogP contribution in [0.4, 0.5) is 5.69 Å².